The molecule has 0 saturated carbocycles. The van der Waals surface area contributed by atoms with Gasteiger partial charge in [-0.05, 0) is 103 Å². The molecule has 0 saturated heterocycles. The van der Waals surface area contributed by atoms with Gasteiger partial charge in [0.05, 0.1) is 13.2 Å². The zero-order valence-corrected chi connectivity index (χ0v) is 48.9. The number of ether oxygens (including phenoxy) is 2. The Morgan fingerprint density at radius 3 is 1.11 bits per heavy atom. The summed E-state index contributed by atoms with van der Waals surface area (Å²) in [5.74, 6) is -0.847. The Morgan fingerprint density at radius 1 is 0.413 bits per heavy atom. The maximum atomic E-state index is 12.7. The number of esters is 2. The predicted octanol–water partition coefficient (Wildman–Crippen LogP) is 19.4. The SMILES string of the molecule is CC/C=C\C/C=C\C/C=C\C/C=C\C/C=C\C/C=C\C/C=C\C/C=C\CCCCCCCCC(=O)OC(COC(=O)CCCCCCCCCCCCC/C=C\CCCCCCCCCC)COP(=O)(O)OCCN. The lowest BCUT2D eigenvalue weighted by Crippen LogP contribution is -2.29. The summed E-state index contributed by atoms with van der Waals surface area (Å²) in [7, 11) is -4.40. The first-order valence-corrected chi connectivity index (χ1v) is 31.9. The number of carbonyl (C=O) groups is 2. The van der Waals surface area contributed by atoms with Crippen LogP contribution in [0.3, 0.4) is 0 Å². The molecule has 0 spiro atoms. The maximum Gasteiger partial charge on any atom is 0.472 e. The molecule has 0 bridgehead atoms. The Kier molecular flexibility index (Phi) is 57.2. The summed E-state index contributed by atoms with van der Waals surface area (Å²) in [6, 6.07) is 0. The lowest BCUT2D eigenvalue weighted by Gasteiger charge is -2.19. The summed E-state index contributed by atoms with van der Waals surface area (Å²) in [4.78, 5) is 35.2. The highest BCUT2D eigenvalue weighted by Crippen LogP contribution is 2.43. The lowest BCUT2D eigenvalue weighted by molar-refractivity contribution is -0.161. The van der Waals surface area contributed by atoms with E-state index < -0.39 is 26.5 Å². The van der Waals surface area contributed by atoms with E-state index in [1.165, 1.54) is 116 Å². The average Bonchev–Trinajstić information content (AvgIpc) is 3.40. The summed E-state index contributed by atoms with van der Waals surface area (Å²) >= 11 is 0. The van der Waals surface area contributed by atoms with Gasteiger partial charge in [-0.25, -0.2) is 4.57 Å². The molecule has 0 aromatic heterocycles. The van der Waals surface area contributed by atoms with Crippen molar-refractivity contribution >= 4 is 19.8 Å². The minimum absolute atomic E-state index is 0.0457. The molecule has 2 unspecified atom stereocenters. The van der Waals surface area contributed by atoms with Gasteiger partial charge in [-0.3, -0.25) is 18.6 Å². The quantitative estimate of drug-likeness (QED) is 0.0264. The third kappa shape index (κ3) is 59.8. The van der Waals surface area contributed by atoms with Gasteiger partial charge in [-0.1, -0.05) is 252 Å². The fourth-order valence-corrected chi connectivity index (χ4v) is 8.94. The standard InChI is InChI=1S/C65H112NO8P/c1-3-5-7-9-11-13-15-17-19-21-23-25-27-28-29-30-31-32-33-34-36-38-40-42-44-46-48-50-52-54-56-58-65(68)74-63(62-73-75(69,70)72-60-59-66)61-71-64(67)57-55-53-51-49-47-45-43-41-39-37-35-26-24-22-20-18-16-14-12-10-8-6-4-2/h5,7,11,13,17,19,22-25,28-29,31-32,34,36,40,42,63H,3-4,6,8-10,12,14-16,18,20-21,26-27,30,33,35,37-39,41,43-62,66H2,1-2H3,(H,69,70)/b7-5-,13-11-,19-17-,24-22-,25-23-,29-28-,32-31-,36-34-,42-40-. The third-order valence-electron chi connectivity index (χ3n) is 12.6. The summed E-state index contributed by atoms with van der Waals surface area (Å²) < 4.78 is 33.1. The van der Waals surface area contributed by atoms with Crippen LogP contribution >= 0.6 is 7.82 Å². The molecule has 0 heterocycles. The normalized spacial score (nSPS) is 13.8. The molecular formula is C65H112NO8P. The van der Waals surface area contributed by atoms with E-state index in [0.29, 0.717) is 6.42 Å². The Hall–Kier alpha value is -3.33. The van der Waals surface area contributed by atoms with Crippen LogP contribution in [0.4, 0.5) is 0 Å². The number of unbranched alkanes of at least 4 members (excludes halogenated alkanes) is 25. The highest BCUT2D eigenvalue weighted by molar-refractivity contribution is 7.47. The largest absolute Gasteiger partial charge is 0.472 e. The van der Waals surface area contributed by atoms with E-state index in [2.05, 4.69) is 123 Å². The molecule has 0 rings (SSSR count). The zero-order chi connectivity index (χ0) is 54.5. The van der Waals surface area contributed by atoms with Crippen molar-refractivity contribution in [3.8, 4) is 0 Å². The van der Waals surface area contributed by atoms with Crippen molar-refractivity contribution in [3.05, 3.63) is 109 Å². The van der Waals surface area contributed by atoms with Gasteiger partial charge in [0.2, 0.25) is 0 Å². The first-order chi connectivity index (χ1) is 36.8. The smallest absolute Gasteiger partial charge is 0.462 e. The molecule has 75 heavy (non-hydrogen) atoms. The molecule has 10 heteroatoms. The Balaban J connectivity index is 4.04. The fraction of sp³-hybridized carbons (Fsp3) is 0.692. The second-order valence-corrected chi connectivity index (χ2v) is 21.3. The van der Waals surface area contributed by atoms with Crippen LogP contribution in [-0.4, -0.2) is 49.3 Å². The number of hydrogen-bond acceptors (Lipinski definition) is 8. The molecule has 0 aliphatic heterocycles. The summed E-state index contributed by atoms with van der Waals surface area (Å²) in [6.45, 7) is 3.62. The molecule has 0 aliphatic carbocycles. The lowest BCUT2D eigenvalue weighted by atomic mass is 10.0. The number of rotatable bonds is 56. The van der Waals surface area contributed by atoms with Gasteiger partial charge in [-0.15, -0.1) is 0 Å². The van der Waals surface area contributed by atoms with Crippen LogP contribution in [0.1, 0.15) is 258 Å². The highest BCUT2D eigenvalue weighted by atomic mass is 31.2. The van der Waals surface area contributed by atoms with Crippen LogP contribution in [0, 0.1) is 0 Å². The van der Waals surface area contributed by atoms with Crippen molar-refractivity contribution in [1.29, 1.82) is 0 Å². The van der Waals surface area contributed by atoms with Crippen LogP contribution in [0.2, 0.25) is 0 Å². The Bertz CT molecular complexity index is 1590. The second kappa shape index (κ2) is 59.9. The van der Waals surface area contributed by atoms with Crippen molar-refractivity contribution in [1.82, 2.24) is 0 Å². The molecular weight excluding hydrogens is 954 g/mol. The zero-order valence-electron chi connectivity index (χ0n) is 48.0. The molecule has 0 fully saturated rings. The number of nitrogens with two attached hydrogens (primary N) is 1. The molecule has 0 aromatic carbocycles. The molecule has 3 N–H and O–H groups in total. The van der Waals surface area contributed by atoms with Gasteiger partial charge in [0.1, 0.15) is 6.61 Å². The van der Waals surface area contributed by atoms with Crippen molar-refractivity contribution in [2.24, 2.45) is 5.73 Å². The molecule has 0 aromatic rings. The minimum Gasteiger partial charge on any atom is -0.462 e. The van der Waals surface area contributed by atoms with Crippen LogP contribution in [0.5, 0.6) is 0 Å². The molecule has 0 amide bonds. The monoisotopic (exact) mass is 1070 g/mol. The van der Waals surface area contributed by atoms with E-state index in [4.69, 9.17) is 24.3 Å². The van der Waals surface area contributed by atoms with Crippen LogP contribution in [0.25, 0.3) is 0 Å². The van der Waals surface area contributed by atoms with E-state index in [1.54, 1.807) is 0 Å². The van der Waals surface area contributed by atoms with E-state index in [0.717, 1.165) is 109 Å². The molecule has 0 aliphatic rings. The summed E-state index contributed by atoms with van der Waals surface area (Å²) in [5, 5.41) is 0. The van der Waals surface area contributed by atoms with Gasteiger partial charge >= 0.3 is 19.8 Å². The predicted molar refractivity (Wildman–Crippen MR) is 321 cm³/mol. The summed E-state index contributed by atoms with van der Waals surface area (Å²) in [5.41, 5.74) is 5.38. The average molecular weight is 1070 g/mol. The highest BCUT2D eigenvalue weighted by Gasteiger charge is 2.26. The Morgan fingerprint density at radius 2 is 0.733 bits per heavy atom. The van der Waals surface area contributed by atoms with Crippen molar-refractivity contribution < 1.29 is 37.6 Å². The number of phosphoric acid groups is 1. The Labute approximate surface area is 460 Å². The van der Waals surface area contributed by atoms with E-state index >= 15 is 0 Å². The maximum absolute atomic E-state index is 12.7. The summed E-state index contributed by atoms with van der Waals surface area (Å²) in [6.07, 6.45) is 81.4. The van der Waals surface area contributed by atoms with Gasteiger partial charge in [0.25, 0.3) is 0 Å². The first-order valence-electron chi connectivity index (χ1n) is 30.4. The van der Waals surface area contributed by atoms with Gasteiger partial charge in [-0.2, -0.15) is 0 Å². The van der Waals surface area contributed by atoms with Gasteiger partial charge in [0, 0.05) is 19.4 Å². The molecule has 9 nitrogen and oxygen atoms in total. The molecule has 430 valence electrons. The van der Waals surface area contributed by atoms with Crippen LogP contribution in [-0.2, 0) is 32.7 Å². The van der Waals surface area contributed by atoms with E-state index in [9.17, 15) is 19.0 Å². The first kappa shape index (κ1) is 71.7. The van der Waals surface area contributed by atoms with E-state index in [1.807, 2.05) is 0 Å². The van der Waals surface area contributed by atoms with Crippen molar-refractivity contribution in [3.63, 3.8) is 0 Å². The topological polar surface area (TPSA) is 134 Å². The second-order valence-electron chi connectivity index (χ2n) is 19.8. The van der Waals surface area contributed by atoms with Gasteiger partial charge in [0.15, 0.2) is 6.10 Å². The fourth-order valence-electron chi connectivity index (χ4n) is 8.18. The van der Waals surface area contributed by atoms with Crippen molar-refractivity contribution in [2.45, 2.75) is 264 Å². The van der Waals surface area contributed by atoms with E-state index in [-0.39, 0.29) is 38.6 Å². The minimum atomic E-state index is -4.40. The number of allylic oxidation sites excluding steroid dienone is 18. The number of carbonyl (C=O) groups excluding carboxylic acids is 2. The van der Waals surface area contributed by atoms with Crippen LogP contribution < -0.4 is 5.73 Å². The van der Waals surface area contributed by atoms with Gasteiger partial charge < -0.3 is 20.1 Å². The molecule has 0 radical (unpaired) electrons. The third-order valence-corrected chi connectivity index (χ3v) is 13.6. The number of hydrogen-bond donors (Lipinski definition) is 2. The van der Waals surface area contributed by atoms with Crippen LogP contribution in [0.15, 0.2) is 109 Å². The van der Waals surface area contributed by atoms with Crippen molar-refractivity contribution in [2.75, 3.05) is 26.4 Å². The number of phosphoric ester groups is 1. The molecule has 2 atom stereocenters.